The van der Waals surface area contributed by atoms with E-state index < -0.39 is 21.8 Å². The Morgan fingerprint density at radius 3 is 2.40 bits per heavy atom. The largest absolute Gasteiger partial charge is 0.476 e. The first-order chi connectivity index (χ1) is 11.8. The van der Waals surface area contributed by atoms with Crippen molar-refractivity contribution in [2.24, 2.45) is 0 Å². The molecule has 0 fully saturated rings. The first-order valence-corrected chi connectivity index (χ1v) is 8.95. The van der Waals surface area contributed by atoms with E-state index in [-0.39, 0.29) is 15.7 Å². The number of anilines is 1. The van der Waals surface area contributed by atoms with Crippen molar-refractivity contribution < 1.29 is 22.7 Å². The summed E-state index contributed by atoms with van der Waals surface area (Å²) in [4.78, 5) is 22.0. The number of benzene rings is 1. The molecular weight excluding hydrogens is 371 g/mol. The Balaban J connectivity index is 1.83. The van der Waals surface area contributed by atoms with Crippen molar-refractivity contribution in [1.29, 1.82) is 0 Å². The van der Waals surface area contributed by atoms with Gasteiger partial charge in [0, 0.05) is 5.56 Å². The Morgan fingerprint density at radius 1 is 1.08 bits per heavy atom. The third-order valence-electron chi connectivity index (χ3n) is 2.95. The van der Waals surface area contributed by atoms with Gasteiger partial charge in [-0.05, 0) is 24.3 Å². The first kappa shape index (κ1) is 16.9. The fourth-order valence-electron chi connectivity index (χ4n) is 1.79. The number of sulfonamides is 1. The number of carboxylic acids is 1. The Kier molecular flexibility index (Phi) is 4.42. The van der Waals surface area contributed by atoms with Crippen LogP contribution in [0.25, 0.3) is 10.6 Å². The number of carboxylic acid groups (broad SMARTS) is 1. The van der Waals surface area contributed by atoms with Crippen LogP contribution in [0.4, 0.5) is 10.2 Å². The summed E-state index contributed by atoms with van der Waals surface area (Å²) in [6.45, 7) is 0. The van der Waals surface area contributed by atoms with Crippen LogP contribution in [0.3, 0.4) is 0 Å². The zero-order valence-corrected chi connectivity index (χ0v) is 13.9. The van der Waals surface area contributed by atoms with Gasteiger partial charge in [0.25, 0.3) is 10.0 Å². The topological polar surface area (TPSA) is 122 Å². The monoisotopic (exact) mass is 380 g/mol. The third kappa shape index (κ3) is 3.78. The van der Waals surface area contributed by atoms with Crippen LogP contribution < -0.4 is 4.72 Å². The molecule has 0 spiro atoms. The van der Waals surface area contributed by atoms with Gasteiger partial charge in [-0.15, -0.1) is 11.3 Å². The third-order valence-corrected chi connectivity index (χ3v) is 5.81. The van der Waals surface area contributed by atoms with Gasteiger partial charge in [-0.25, -0.2) is 32.6 Å². The smallest absolute Gasteiger partial charge is 0.356 e. The van der Waals surface area contributed by atoms with Crippen molar-refractivity contribution in [3.8, 4) is 10.6 Å². The van der Waals surface area contributed by atoms with E-state index in [1.807, 2.05) is 0 Å². The maximum absolute atomic E-state index is 12.9. The fourth-order valence-corrected chi connectivity index (χ4v) is 3.92. The van der Waals surface area contributed by atoms with Crippen molar-refractivity contribution in [2.75, 3.05) is 4.72 Å². The second-order valence-corrected chi connectivity index (χ2v) is 7.63. The first-order valence-electron chi connectivity index (χ1n) is 6.65. The quantitative estimate of drug-likeness (QED) is 0.696. The second-order valence-electron chi connectivity index (χ2n) is 4.69. The van der Waals surface area contributed by atoms with Gasteiger partial charge in [0.2, 0.25) is 0 Å². The van der Waals surface area contributed by atoms with Crippen LogP contribution in [0.15, 0.2) is 47.1 Å². The van der Waals surface area contributed by atoms with E-state index in [0.29, 0.717) is 10.6 Å². The number of nitrogens with zero attached hydrogens (tertiary/aromatic N) is 3. The molecule has 3 aromatic rings. The number of aromatic nitrogens is 3. The van der Waals surface area contributed by atoms with Crippen LogP contribution in [0.1, 0.15) is 10.5 Å². The number of rotatable bonds is 5. The number of hydrogen-bond acceptors (Lipinski definition) is 7. The lowest BCUT2D eigenvalue weighted by Gasteiger charge is -2.04. The van der Waals surface area contributed by atoms with Gasteiger partial charge >= 0.3 is 5.97 Å². The molecule has 25 heavy (non-hydrogen) atoms. The standard InChI is InChI=1S/C14H9FN4O4S2/c15-9-3-1-8(2-4-9)13-18-7-12(24-13)25(22,23)19-11-6-16-10(5-17-11)14(20)21/h1-7H,(H,17,19)(H,20,21). The summed E-state index contributed by atoms with van der Waals surface area (Å²) in [6, 6.07) is 5.49. The molecule has 2 N–H and O–H groups in total. The molecule has 0 radical (unpaired) electrons. The van der Waals surface area contributed by atoms with E-state index in [1.165, 1.54) is 30.5 Å². The van der Waals surface area contributed by atoms with E-state index in [1.54, 1.807) is 0 Å². The summed E-state index contributed by atoms with van der Waals surface area (Å²) >= 11 is 0.900. The number of aromatic carboxylic acids is 1. The lowest BCUT2D eigenvalue weighted by atomic mass is 10.2. The Hall–Kier alpha value is -2.92. The van der Waals surface area contributed by atoms with Gasteiger partial charge in [-0.2, -0.15) is 0 Å². The average molecular weight is 380 g/mol. The van der Waals surface area contributed by atoms with Crippen LogP contribution in [0.5, 0.6) is 0 Å². The highest BCUT2D eigenvalue weighted by Gasteiger charge is 2.20. The zero-order valence-electron chi connectivity index (χ0n) is 12.2. The van der Waals surface area contributed by atoms with E-state index in [4.69, 9.17) is 5.11 Å². The molecule has 2 aromatic heterocycles. The predicted octanol–water partition coefficient (Wildman–Crippen LogP) is 2.24. The van der Waals surface area contributed by atoms with E-state index in [9.17, 15) is 17.6 Å². The van der Waals surface area contributed by atoms with Crippen LogP contribution >= 0.6 is 11.3 Å². The lowest BCUT2D eigenvalue weighted by Crippen LogP contribution is -2.13. The molecule has 0 aliphatic rings. The van der Waals surface area contributed by atoms with Crippen molar-refractivity contribution in [3.05, 3.63) is 54.4 Å². The minimum absolute atomic E-state index is 0.0732. The number of hydrogen-bond donors (Lipinski definition) is 2. The molecule has 0 unspecified atom stereocenters. The lowest BCUT2D eigenvalue weighted by molar-refractivity contribution is 0.0690. The summed E-state index contributed by atoms with van der Waals surface area (Å²) in [7, 11) is -3.96. The summed E-state index contributed by atoms with van der Waals surface area (Å²) in [5.41, 5.74) is 0.276. The van der Waals surface area contributed by atoms with E-state index in [2.05, 4.69) is 19.7 Å². The van der Waals surface area contributed by atoms with Gasteiger partial charge in [0.05, 0.1) is 18.6 Å². The van der Waals surface area contributed by atoms with Crippen molar-refractivity contribution in [1.82, 2.24) is 15.0 Å². The van der Waals surface area contributed by atoms with Gasteiger partial charge in [0.1, 0.15) is 10.8 Å². The van der Waals surface area contributed by atoms with Crippen LogP contribution in [0, 0.1) is 5.82 Å². The molecule has 0 atom stereocenters. The molecule has 3 rings (SSSR count). The normalized spacial score (nSPS) is 11.2. The summed E-state index contributed by atoms with van der Waals surface area (Å²) in [5.74, 6) is -1.80. The molecule has 0 aliphatic carbocycles. The number of thiazole rings is 1. The highest BCUT2D eigenvalue weighted by Crippen LogP contribution is 2.28. The van der Waals surface area contributed by atoms with Crippen LogP contribution in [-0.4, -0.2) is 34.4 Å². The van der Waals surface area contributed by atoms with Gasteiger partial charge in [-0.3, -0.25) is 4.72 Å². The van der Waals surface area contributed by atoms with Crippen molar-refractivity contribution in [2.45, 2.75) is 4.21 Å². The Labute approximate surface area is 145 Å². The van der Waals surface area contributed by atoms with E-state index in [0.717, 1.165) is 23.7 Å². The van der Waals surface area contributed by atoms with Gasteiger partial charge in [-0.1, -0.05) is 0 Å². The molecule has 8 nitrogen and oxygen atoms in total. The molecule has 0 saturated carbocycles. The minimum Gasteiger partial charge on any atom is -0.476 e. The maximum Gasteiger partial charge on any atom is 0.356 e. The fraction of sp³-hybridized carbons (Fsp3) is 0. The number of halogens is 1. The average Bonchev–Trinajstić information content (AvgIpc) is 3.06. The number of nitrogens with one attached hydrogen (secondary N) is 1. The molecule has 0 bridgehead atoms. The summed E-state index contributed by atoms with van der Waals surface area (Å²) in [5, 5.41) is 9.15. The molecular formula is C14H9FN4O4S2. The molecule has 128 valence electrons. The molecule has 11 heteroatoms. The van der Waals surface area contributed by atoms with Crippen LogP contribution in [-0.2, 0) is 10.0 Å². The van der Waals surface area contributed by atoms with Crippen LogP contribution in [0.2, 0.25) is 0 Å². The predicted molar refractivity (Wildman–Crippen MR) is 87.3 cm³/mol. The van der Waals surface area contributed by atoms with Gasteiger partial charge < -0.3 is 5.11 Å². The minimum atomic E-state index is -3.96. The molecule has 2 heterocycles. The molecule has 0 amide bonds. The SMILES string of the molecule is O=C(O)c1cnc(NS(=O)(=O)c2cnc(-c3ccc(F)cc3)s2)cn1. The molecule has 1 aromatic carbocycles. The Morgan fingerprint density at radius 2 is 1.80 bits per heavy atom. The maximum atomic E-state index is 12.9. The van der Waals surface area contributed by atoms with Crippen molar-refractivity contribution >= 4 is 33.1 Å². The summed E-state index contributed by atoms with van der Waals surface area (Å²) < 4.78 is 39.7. The van der Waals surface area contributed by atoms with Crippen molar-refractivity contribution in [3.63, 3.8) is 0 Å². The van der Waals surface area contributed by atoms with E-state index >= 15 is 0 Å². The van der Waals surface area contributed by atoms with Gasteiger partial charge in [0.15, 0.2) is 15.7 Å². The molecule has 0 saturated heterocycles. The Bertz CT molecular complexity index is 1020. The highest BCUT2D eigenvalue weighted by molar-refractivity contribution is 7.94. The number of carbonyl (C=O) groups is 1. The summed E-state index contributed by atoms with van der Waals surface area (Å²) in [6.07, 6.45) is 3.12. The highest BCUT2D eigenvalue weighted by atomic mass is 32.2. The second kappa shape index (κ2) is 6.53. The zero-order chi connectivity index (χ0) is 18.0. The molecule has 0 aliphatic heterocycles.